The summed E-state index contributed by atoms with van der Waals surface area (Å²) in [5, 5.41) is 0. The number of piperidine rings is 1. The van der Waals surface area contributed by atoms with Gasteiger partial charge in [-0.15, -0.1) is 0 Å². The molecule has 10 heteroatoms. The third-order valence-electron chi connectivity index (χ3n) is 10.9. The van der Waals surface area contributed by atoms with E-state index in [1.807, 2.05) is 6.92 Å². The minimum absolute atomic E-state index is 0.0338. The number of alkyl halides is 3. The summed E-state index contributed by atoms with van der Waals surface area (Å²) in [4.78, 5) is 18.5. The molecule has 228 valence electrons. The lowest BCUT2D eigenvalue weighted by Gasteiger charge is -2.62. The van der Waals surface area contributed by atoms with Crippen molar-refractivity contribution in [2.45, 2.75) is 103 Å². The van der Waals surface area contributed by atoms with E-state index >= 15 is 0 Å². The molecule has 0 spiro atoms. The van der Waals surface area contributed by atoms with Crippen LogP contribution in [-0.2, 0) is 6.18 Å². The van der Waals surface area contributed by atoms with E-state index in [4.69, 9.17) is 0 Å². The van der Waals surface area contributed by atoms with Crippen LogP contribution >= 0.6 is 0 Å². The average Bonchev–Trinajstić information content (AvgIpc) is 3.48. The number of halogens is 3. The molecular weight excluding hydrogens is 529 g/mol. The highest BCUT2D eigenvalue weighted by atomic mass is 19.4. The van der Waals surface area contributed by atoms with Gasteiger partial charge in [0.15, 0.2) is 0 Å². The summed E-state index contributed by atoms with van der Waals surface area (Å²) in [5.74, 6) is 0.905. The van der Waals surface area contributed by atoms with Gasteiger partial charge >= 0.3 is 11.9 Å². The fraction of sp³-hybridized carbons (Fsp3) is 0.774. The number of likely N-dealkylation sites (tertiary alicyclic amines) is 1. The Balaban J connectivity index is 1.35. The van der Waals surface area contributed by atoms with Crippen LogP contribution in [0.3, 0.4) is 0 Å². The van der Waals surface area contributed by atoms with Crippen LogP contribution in [0, 0.1) is 22.7 Å². The molecule has 0 bridgehead atoms. The van der Waals surface area contributed by atoms with Gasteiger partial charge in [-0.25, -0.2) is 15.6 Å². The van der Waals surface area contributed by atoms with Crippen LogP contribution in [-0.4, -0.2) is 51.7 Å². The van der Waals surface area contributed by atoms with E-state index in [9.17, 15) is 18.0 Å². The molecule has 41 heavy (non-hydrogen) atoms. The molecule has 0 aromatic carbocycles. The van der Waals surface area contributed by atoms with Gasteiger partial charge in [0.1, 0.15) is 0 Å². The summed E-state index contributed by atoms with van der Waals surface area (Å²) in [5.41, 5.74) is 6.62. The molecule has 2 aromatic rings. The molecule has 2 saturated carbocycles. The lowest BCUT2D eigenvalue weighted by molar-refractivity contribution is -0.136. The SMILES string of the molecule is C[C@H]1CCCN([C@@H](C)c2cc(C(F)(F)F)c3cn(C4CCCC(C5(C6NNCN6C)CC(C)(C)C5)C4)c(=O)n3c2)C1. The molecule has 2 saturated heterocycles. The molecule has 2 aliphatic carbocycles. The second kappa shape index (κ2) is 10.4. The van der Waals surface area contributed by atoms with Crippen molar-refractivity contribution in [2.24, 2.45) is 22.7 Å². The van der Waals surface area contributed by atoms with Crippen LogP contribution in [0.25, 0.3) is 5.52 Å². The van der Waals surface area contributed by atoms with Crippen molar-refractivity contribution in [3.05, 3.63) is 40.1 Å². The molecule has 2 N–H and O–H groups in total. The Morgan fingerprint density at radius 1 is 1.10 bits per heavy atom. The van der Waals surface area contributed by atoms with E-state index in [1.54, 1.807) is 10.8 Å². The fourth-order valence-electron chi connectivity index (χ4n) is 9.16. The first-order valence-electron chi connectivity index (χ1n) is 15.6. The van der Waals surface area contributed by atoms with E-state index in [1.165, 1.54) is 16.7 Å². The molecule has 4 fully saturated rings. The smallest absolute Gasteiger partial charge is 0.296 e. The minimum atomic E-state index is -4.54. The summed E-state index contributed by atoms with van der Waals surface area (Å²) >= 11 is 0. The van der Waals surface area contributed by atoms with Crippen molar-refractivity contribution >= 4 is 5.52 Å². The van der Waals surface area contributed by atoms with Crippen molar-refractivity contribution in [2.75, 3.05) is 26.8 Å². The topological polar surface area (TPSA) is 57.0 Å². The lowest BCUT2D eigenvalue weighted by atomic mass is 9.46. The van der Waals surface area contributed by atoms with E-state index in [0.717, 1.165) is 71.1 Å². The zero-order valence-electron chi connectivity index (χ0n) is 25.2. The highest BCUT2D eigenvalue weighted by Crippen LogP contribution is 2.63. The Morgan fingerprint density at radius 2 is 1.85 bits per heavy atom. The number of hydrazine groups is 1. The highest BCUT2D eigenvalue weighted by Gasteiger charge is 2.59. The van der Waals surface area contributed by atoms with Gasteiger partial charge in [-0.05, 0) is 94.3 Å². The molecular formula is C31H47F3N6O. The van der Waals surface area contributed by atoms with Crippen molar-refractivity contribution in [3.8, 4) is 0 Å². The summed E-state index contributed by atoms with van der Waals surface area (Å²) in [6.07, 6.45) is 6.91. The predicted octanol–water partition coefficient (Wildman–Crippen LogP) is 5.77. The molecule has 3 unspecified atom stereocenters. The Morgan fingerprint density at radius 3 is 2.49 bits per heavy atom. The number of pyridine rings is 1. The summed E-state index contributed by atoms with van der Waals surface area (Å²) in [7, 11) is 2.14. The van der Waals surface area contributed by atoms with Crippen LogP contribution in [0.2, 0.25) is 0 Å². The van der Waals surface area contributed by atoms with Crippen molar-refractivity contribution in [1.29, 1.82) is 0 Å². The maximum atomic E-state index is 14.4. The number of hydrogen-bond donors (Lipinski definition) is 2. The maximum absolute atomic E-state index is 14.4. The molecule has 0 amide bonds. The quantitative estimate of drug-likeness (QED) is 0.473. The van der Waals surface area contributed by atoms with Crippen LogP contribution in [0.4, 0.5) is 13.2 Å². The van der Waals surface area contributed by atoms with Gasteiger partial charge in [0.05, 0.1) is 23.9 Å². The second-order valence-corrected chi connectivity index (χ2v) is 14.6. The van der Waals surface area contributed by atoms with Crippen molar-refractivity contribution in [1.82, 2.24) is 29.6 Å². The van der Waals surface area contributed by atoms with Crippen LogP contribution < -0.4 is 16.5 Å². The number of hydrogen-bond acceptors (Lipinski definition) is 5. The van der Waals surface area contributed by atoms with Gasteiger partial charge < -0.3 is 0 Å². The monoisotopic (exact) mass is 576 g/mol. The first-order valence-corrected chi connectivity index (χ1v) is 15.6. The molecule has 2 aromatic heterocycles. The van der Waals surface area contributed by atoms with Gasteiger partial charge in [0, 0.05) is 36.4 Å². The van der Waals surface area contributed by atoms with E-state index in [-0.39, 0.29) is 40.3 Å². The molecule has 4 aliphatic rings. The summed E-state index contributed by atoms with van der Waals surface area (Å²) < 4.78 is 46.3. The number of fused-ring (bicyclic) bond motifs is 1. The van der Waals surface area contributed by atoms with E-state index < -0.39 is 11.7 Å². The number of nitrogens with zero attached hydrogens (tertiary/aromatic N) is 4. The molecule has 2 aliphatic heterocycles. The third-order valence-corrected chi connectivity index (χ3v) is 10.9. The van der Waals surface area contributed by atoms with Crippen LogP contribution in [0.1, 0.15) is 102 Å². The first-order chi connectivity index (χ1) is 19.3. The van der Waals surface area contributed by atoms with Crippen LogP contribution in [0.5, 0.6) is 0 Å². The Bertz CT molecular complexity index is 1320. The number of rotatable bonds is 5. The molecule has 6 rings (SSSR count). The number of imidazole rings is 1. The van der Waals surface area contributed by atoms with Crippen molar-refractivity contribution in [3.63, 3.8) is 0 Å². The number of aromatic nitrogens is 2. The Labute approximate surface area is 241 Å². The Hall–Kier alpha value is -1.88. The minimum Gasteiger partial charge on any atom is -0.296 e. The van der Waals surface area contributed by atoms with E-state index in [0.29, 0.717) is 17.4 Å². The van der Waals surface area contributed by atoms with Gasteiger partial charge in [-0.2, -0.15) is 13.2 Å². The fourth-order valence-corrected chi connectivity index (χ4v) is 9.16. The molecule has 0 radical (unpaired) electrons. The second-order valence-electron chi connectivity index (χ2n) is 14.6. The highest BCUT2D eigenvalue weighted by molar-refractivity contribution is 5.56. The van der Waals surface area contributed by atoms with Gasteiger partial charge in [0.2, 0.25) is 0 Å². The lowest BCUT2D eigenvalue weighted by Crippen LogP contribution is -2.62. The largest absolute Gasteiger partial charge is 0.418 e. The average molecular weight is 577 g/mol. The molecule has 7 nitrogen and oxygen atoms in total. The van der Waals surface area contributed by atoms with Crippen LogP contribution in [0.15, 0.2) is 23.3 Å². The first kappa shape index (κ1) is 29.2. The molecule has 5 atom stereocenters. The van der Waals surface area contributed by atoms with Crippen molar-refractivity contribution < 1.29 is 13.2 Å². The van der Waals surface area contributed by atoms with Gasteiger partial charge in [-0.1, -0.05) is 27.2 Å². The van der Waals surface area contributed by atoms with Gasteiger partial charge in [-0.3, -0.25) is 18.8 Å². The summed E-state index contributed by atoms with van der Waals surface area (Å²) in [6.45, 7) is 11.3. The number of nitrogens with one attached hydrogen (secondary N) is 2. The zero-order valence-corrected chi connectivity index (χ0v) is 25.2. The molecule has 4 heterocycles. The van der Waals surface area contributed by atoms with E-state index in [2.05, 4.69) is 48.5 Å². The maximum Gasteiger partial charge on any atom is 0.418 e. The zero-order chi connectivity index (χ0) is 29.3. The summed E-state index contributed by atoms with van der Waals surface area (Å²) in [6, 6.07) is 0.988. The van der Waals surface area contributed by atoms with Gasteiger partial charge in [0.25, 0.3) is 0 Å². The standard InChI is InChI=1S/C31H47F3N6O/c1-20-8-7-11-38(14-20)21(2)22-12-25(31(32,33)34)26-16-39(28(41)40(26)15-22)24-10-6-9-23(13-24)30(17-29(3,4)18-30)27-36-35-19-37(27)5/h12,15-16,20-21,23-24,27,35-36H,6-11,13-14,17-19H2,1-5H3/t20-,21-,23?,24?,27?/m0/s1. The Kier molecular flexibility index (Phi) is 7.40. The normalized spacial score (nSPS) is 31.8. The third kappa shape index (κ3) is 5.17. The predicted molar refractivity (Wildman–Crippen MR) is 154 cm³/mol.